The molecule has 0 radical (unpaired) electrons. The molecule has 20 heavy (non-hydrogen) atoms. The number of rotatable bonds is 3. The summed E-state index contributed by atoms with van der Waals surface area (Å²) in [6, 6.07) is 7.44. The average molecular weight is 283 g/mol. The van der Waals surface area contributed by atoms with Crippen molar-refractivity contribution in [2.45, 2.75) is 31.3 Å². The molecule has 2 aromatic rings. The molecule has 1 heterocycles. The number of fused-ring (bicyclic) bond motifs is 1. The molecule has 0 saturated heterocycles. The summed E-state index contributed by atoms with van der Waals surface area (Å²) < 4.78 is 39.9. The van der Waals surface area contributed by atoms with Crippen LogP contribution in [0, 0.1) is 0 Å². The molecule has 0 amide bonds. The molecule has 0 spiro atoms. The van der Waals surface area contributed by atoms with Crippen LogP contribution < -0.4 is 5.32 Å². The Morgan fingerprint density at radius 2 is 1.95 bits per heavy atom. The Kier molecular flexibility index (Phi) is 3.21. The molecule has 1 aliphatic rings. The van der Waals surface area contributed by atoms with Gasteiger partial charge in [0.05, 0.1) is 11.6 Å². The van der Waals surface area contributed by atoms with Gasteiger partial charge < -0.3 is 5.32 Å². The summed E-state index contributed by atoms with van der Waals surface area (Å²) in [7, 11) is 0. The van der Waals surface area contributed by atoms with Gasteiger partial charge in [-0.2, -0.15) is 0 Å². The van der Waals surface area contributed by atoms with Crippen LogP contribution in [0.4, 0.5) is 19.1 Å². The fourth-order valence-electron chi connectivity index (χ4n) is 2.19. The lowest BCUT2D eigenvalue weighted by Gasteiger charge is -2.35. The number of alkyl halides is 3. The third kappa shape index (κ3) is 2.98. The Hall–Kier alpha value is -1.89. The van der Waals surface area contributed by atoms with Crippen molar-refractivity contribution in [3.05, 3.63) is 30.5 Å². The Balaban J connectivity index is 1.59. The van der Waals surface area contributed by atoms with Crippen molar-refractivity contribution < 1.29 is 17.9 Å². The molecular weight excluding hydrogens is 271 g/mol. The number of hydrogen-bond acceptors (Lipinski definition) is 4. The number of aromatic nitrogens is 2. The number of benzene rings is 1. The van der Waals surface area contributed by atoms with Crippen molar-refractivity contribution in [1.82, 2.24) is 9.97 Å². The van der Waals surface area contributed by atoms with Crippen molar-refractivity contribution in [1.29, 1.82) is 0 Å². The molecule has 0 aliphatic heterocycles. The van der Waals surface area contributed by atoms with Gasteiger partial charge in [-0.1, -0.05) is 18.2 Å². The Bertz CT molecular complexity index is 611. The minimum Gasteiger partial charge on any atom is -0.351 e. The van der Waals surface area contributed by atoms with Crippen LogP contribution in [0.1, 0.15) is 12.8 Å². The van der Waals surface area contributed by atoms with Crippen LogP contribution in [-0.4, -0.2) is 28.5 Å². The minimum absolute atomic E-state index is 0.0801. The van der Waals surface area contributed by atoms with E-state index in [2.05, 4.69) is 20.0 Å². The third-order valence-corrected chi connectivity index (χ3v) is 3.22. The second-order valence-corrected chi connectivity index (χ2v) is 4.75. The van der Waals surface area contributed by atoms with Crippen LogP contribution in [0.2, 0.25) is 0 Å². The molecule has 0 bridgehead atoms. The predicted molar refractivity (Wildman–Crippen MR) is 67.1 cm³/mol. The van der Waals surface area contributed by atoms with Gasteiger partial charge in [0.1, 0.15) is 0 Å². The normalized spacial score (nSPS) is 22.6. The summed E-state index contributed by atoms with van der Waals surface area (Å²) in [6.07, 6.45) is -3.04. The summed E-state index contributed by atoms with van der Waals surface area (Å²) in [5.74, 6) is 0.430. The first kappa shape index (κ1) is 13.1. The number of para-hydroxylation sites is 1. The SMILES string of the molecule is FC(F)(F)OC1CC(Nc2ncc3ccccc3n2)C1. The predicted octanol–water partition coefficient (Wildman–Crippen LogP) is 3.11. The largest absolute Gasteiger partial charge is 0.522 e. The monoisotopic (exact) mass is 283 g/mol. The van der Waals surface area contributed by atoms with Gasteiger partial charge in [0.25, 0.3) is 0 Å². The molecule has 0 unspecified atom stereocenters. The highest BCUT2D eigenvalue weighted by atomic mass is 19.4. The van der Waals surface area contributed by atoms with E-state index in [1.807, 2.05) is 24.3 Å². The zero-order valence-electron chi connectivity index (χ0n) is 10.4. The summed E-state index contributed by atoms with van der Waals surface area (Å²) in [5, 5.41) is 3.94. The van der Waals surface area contributed by atoms with Crippen LogP contribution in [0.3, 0.4) is 0 Å². The number of nitrogens with one attached hydrogen (secondary N) is 1. The molecule has 106 valence electrons. The van der Waals surface area contributed by atoms with Crippen molar-refractivity contribution >= 4 is 16.9 Å². The van der Waals surface area contributed by atoms with Gasteiger partial charge >= 0.3 is 6.36 Å². The van der Waals surface area contributed by atoms with Crippen molar-refractivity contribution in [3.8, 4) is 0 Å². The van der Waals surface area contributed by atoms with Crippen molar-refractivity contribution in [2.24, 2.45) is 0 Å². The van der Waals surface area contributed by atoms with E-state index in [4.69, 9.17) is 0 Å². The lowest BCUT2D eigenvalue weighted by Crippen LogP contribution is -2.43. The Morgan fingerprint density at radius 1 is 1.20 bits per heavy atom. The van der Waals surface area contributed by atoms with Crippen LogP contribution in [0.5, 0.6) is 0 Å². The van der Waals surface area contributed by atoms with Gasteiger partial charge in [-0.05, 0) is 18.9 Å². The Morgan fingerprint density at radius 3 is 2.70 bits per heavy atom. The van der Waals surface area contributed by atoms with Gasteiger partial charge in [0.2, 0.25) is 5.95 Å². The van der Waals surface area contributed by atoms with E-state index >= 15 is 0 Å². The molecule has 3 rings (SSSR count). The maximum Gasteiger partial charge on any atom is 0.522 e. The number of halogens is 3. The van der Waals surface area contributed by atoms with E-state index in [1.165, 1.54) is 0 Å². The third-order valence-electron chi connectivity index (χ3n) is 3.22. The number of anilines is 1. The van der Waals surface area contributed by atoms with Gasteiger partial charge in [0, 0.05) is 17.6 Å². The highest BCUT2D eigenvalue weighted by molar-refractivity contribution is 5.78. The fourth-order valence-corrected chi connectivity index (χ4v) is 2.19. The minimum atomic E-state index is -4.56. The Labute approximate surface area is 113 Å². The molecule has 1 aromatic carbocycles. The molecule has 4 nitrogen and oxygen atoms in total. The van der Waals surface area contributed by atoms with Crippen LogP contribution >= 0.6 is 0 Å². The van der Waals surface area contributed by atoms with E-state index in [0.29, 0.717) is 18.8 Å². The fraction of sp³-hybridized carbons (Fsp3) is 0.385. The molecule has 0 atom stereocenters. The van der Waals surface area contributed by atoms with E-state index < -0.39 is 12.5 Å². The smallest absolute Gasteiger partial charge is 0.351 e. The van der Waals surface area contributed by atoms with Gasteiger partial charge in [-0.3, -0.25) is 4.74 Å². The lowest BCUT2D eigenvalue weighted by molar-refractivity contribution is -0.351. The molecule has 1 aromatic heterocycles. The molecule has 7 heteroatoms. The zero-order chi connectivity index (χ0) is 14.2. The molecular formula is C13H12F3N3O. The van der Waals surface area contributed by atoms with Crippen LogP contribution in [-0.2, 0) is 4.74 Å². The van der Waals surface area contributed by atoms with Gasteiger partial charge in [-0.15, -0.1) is 13.2 Å². The van der Waals surface area contributed by atoms with Crippen molar-refractivity contribution in [3.63, 3.8) is 0 Å². The molecule has 1 saturated carbocycles. The second kappa shape index (κ2) is 4.90. The highest BCUT2D eigenvalue weighted by Gasteiger charge is 2.40. The van der Waals surface area contributed by atoms with E-state index in [0.717, 1.165) is 10.9 Å². The molecule has 1 aliphatic carbocycles. The summed E-state index contributed by atoms with van der Waals surface area (Å²) >= 11 is 0. The van der Waals surface area contributed by atoms with Crippen LogP contribution in [0.25, 0.3) is 10.9 Å². The van der Waals surface area contributed by atoms with Crippen molar-refractivity contribution in [2.75, 3.05) is 5.32 Å². The maximum absolute atomic E-state index is 12.0. The number of hydrogen-bond donors (Lipinski definition) is 1. The first-order chi connectivity index (χ1) is 9.49. The number of nitrogens with zero attached hydrogens (tertiary/aromatic N) is 2. The van der Waals surface area contributed by atoms with E-state index in [-0.39, 0.29) is 6.04 Å². The second-order valence-electron chi connectivity index (χ2n) is 4.75. The molecule has 1 fully saturated rings. The lowest BCUT2D eigenvalue weighted by atomic mass is 9.89. The van der Waals surface area contributed by atoms with Gasteiger partial charge in [-0.25, -0.2) is 9.97 Å². The van der Waals surface area contributed by atoms with E-state index in [1.54, 1.807) is 6.20 Å². The van der Waals surface area contributed by atoms with Crippen LogP contribution in [0.15, 0.2) is 30.5 Å². The summed E-state index contributed by atoms with van der Waals surface area (Å²) in [4.78, 5) is 8.45. The number of ether oxygens (including phenoxy) is 1. The standard InChI is InChI=1S/C13H12F3N3O/c14-13(15,16)20-10-5-9(6-10)18-12-17-7-8-3-1-2-4-11(8)19-12/h1-4,7,9-10H,5-6H2,(H,17,18,19). The first-order valence-corrected chi connectivity index (χ1v) is 6.22. The summed E-state index contributed by atoms with van der Waals surface area (Å²) in [6.45, 7) is 0. The topological polar surface area (TPSA) is 47.0 Å². The molecule has 1 N–H and O–H groups in total. The summed E-state index contributed by atoms with van der Waals surface area (Å²) in [5.41, 5.74) is 0.799. The maximum atomic E-state index is 12.0. The van der Waals surface area contributed by atoms with E-state index in [9.17, 15) is 13.2 Å². The zero-order valence-corrected chi connectivity index (χ0v) is 10.4. The first-order valence-electron chi connectivity index (χ1n) is 6.22. The van der Waals surface area contributed by atoms with Gasteiger partial charge in [0.15, 0.2) is 0 Å². The average Bonchev–Trinajstić information content (AvgIpc) is 2.34. The quantitative estimate of drug-likeness (QED) is 0.940. The highest BCUT2D eigenvalue weighted by Crippen LogP contribution is 2.31.